The van der Waals surface area contributed by atoms with Gasteiger partial charge in [0.05, 0.1) is 12.6 Å². The van der Waals surface area contributed by atoms with Crippen molar-refractivity contribution in [3.63, 3.8) is 0 Å². The third kappa shape index (κ3) is 5.21. The van der Waals surface area contributed by atoms with Crippen molar-refractivity contribution in [3.8, 4) is 0 Å². The van der Waals surface area contributed by atoms with E-state index in [1.807, 2.05) is 30.3 Å². The van der Waals surface area contributed by atoms with Crippen molar-refractivity contribution in [2.45, 2.75) is 25.3 Å². The predicted molar refractivity (Wildman–Crippen MR) is 79.0 cm³/mol. The molecule has 21 heavy (non-hydrogen) atoms. The highest BCUT2D eigenvalue weighted by Crippen LogP contribution is 2.10. The maximum absolute atomic E-state index is 11.9. The second kappa shape index (κ2) is 7.81. The molecule has 1 aromatic carbocycles. The van der Waals surface area contributed by atoms with Gasteiger partial charge in [0, 0.05) is 18.9 Å². The number of halogens is 1. The molecule has 0 saturated heterocycles. The summed E-state index contributed by atoms with van der Waals surface area (Å²) in [5.74, 6) is 0.427. The molecule has 1 amide bonds. The minimum absolute atomic E-state index is 0.102. The predicted octanol–water partition coefficient (Wildman–Crippen LogP) is 1.98. The lowest BCUT2D eigenvalue weighted by molar-refractivity contribution is -0.122. The molecule has 0 aliphatic rings. The SMILES string of the molecule is O=C(CCc1cc(Cl)no1)N[C@H](CO)Cc1ccccc1. The van der Waals surface area contributed by atoms with Crippen LogP contribution in [0.25, 0.3) is 0 Å². The maximum atomic E-state index is 11.9. The highest BCUT2D eigenvalue weighted by molar-refractivity contribution is 6.29. The van der Waals surface area contributed by atoms with Crippen molar-refractivity contribution in [3.05, 3.63) is 52.9 Å². The van der Waals surface area contributed by atoms with Gasteiger partial charge in [0.2, 0.25) is 5.91 Å². The molecule has 1 aromatic heterocycles. The van der Waals surface area contributed by atoms with Crippen molar-refractivity contribution in [2.75, 3.05) is 6.61 Å². The maximum Gasteiger partial charge on any atom is 0.220 e. The summed E-state index contributed by atoms with van der Waals surface area (Å²) in [5.41, 5.74) is 1.07. The highest BCUT2D eigenvalue weighted by atomic mass is 35.5. The van der Waals surface area contributed by atoms with Crippen molar-refractivity contribution in [2.24, 2.45) is 0 Å². The van der Waals surface area contributed by atoms with E-state index in [0.29, 0.717) is 18.6 Å². The summed E-state index contributed by atoms with van der Waals surface area (Å²) in [6.45, 7) is -0.102. The molecule has 0 aliphatic heterocycles. The third-order valence-electron chi connectivity index (χ3n) is 3.04. The molecule has 1 atom stereocenters. The quantitative estimate of drug-likeness (QED) is 0.820. The standard InChI is InChI=1S/C15H17ClN2O3/c16-14-9-13(21-18-14)6-7-15(20)17-12(10-19)8-11-4-2-1-3-5-11/h1-5,9,12,19H,6-8,10H2,(H,17,20)/t12-/m0/s1. The van der Waals surface area contributed by atoms with Gasteiger partial charge in [0.25, 0.3) is 0 Å². The van der Waals surface area contributed by atoms with Gasteiger partial charge < -0.3 is 14.9 Å². The fourth-order valence-electron chi connectivity index (χ4n) is 2.00. The largest absolute Gasteiger partial charge is 0.394 e. The minimum Gasteiger partial charge on any atom is -0.394 e. The average molecular weight is 309 g/mol. The first-order chi connectivity index (χ1) is 10.2. The van der Waals surface area contributed by atoms with Gasteiger partial charge >= 0.3 is 0 Å². The average Bonchev–Trinajstić information content (AvgIpc) is 2.91. The molecule has 2 rings (SSSR count). The lowest BCUT2D eigenvalue weighted by Crippen LogP contribution is -2.39. The summed E-state index contributed by atoms with van der Waals surface area (Å²) in [6, 6.07) is 11.0. The molecule has 2 aromatic rings. The zero-order chi connectivity index (χ0) is 15.1. The van der Waals surface area contributed by atoms with Crippen LogP contribution in [0.1, 0.15) is 17.7 Å². The van der Waals surface area contributed by atoms with Crippen LogP contribution in [0, 0.1) is 0 Å². The van der Waals surface area contributed by atoms with Gasteiger partial charge in [-0.2, -0.15) is 0 Å². The van der Waals surface area contributed by atoms with E-state index in [4.69, 9.17) is 16.1 Å². The normalized spacial score (nSPS) is 12.1. The first-order valence-electron chi connectivity index (χ1n) is 6.72. The van der Waals surface area contributed by atoms with Gasteiger partial charge in [-0.3, -0.25) is 4.79 Å². The molecule has 0 fully saturated rings. The van der Waals surface area contributed by atoms with E-state index < -0.39 is 0 Å². The lowest BCUT2D eigenvalue weighted by atomic mass is 10.1. The molecule has 2 N–H and O–H groups in total. The van der Waals surface area contributed by atoms with Crippen molar-refractivity contribution < 1.29 is 14.4 Å². The van der Waals surface area contributed by atoms with E-state index in [9.17, 15) is 9.90 Å². The minimum atomic E-state index is -0.293. The molecular formula is C15H17ClN2O3. The van der Waals surface area contributed by atoms with E-state index in [-0.39, 0.29) is 30.1 Å². The zero-order valence-electron chi connectivity index (χ0n) is 11.5. The summed E-state index contributed by atoms with van der Waals surface area (Å²) in [7, 11) is 0. The van der Waals surface area contributed by atoms with Crippen LogP contribution in [0.2, 0.25) is 5.15 Å². The van der Waals surface area contributed by atoms with E-state index in [1.54, 1.807) is 6.07 Å². The number of aliphatic hydroxyl groups excluding tert-OH is 1. The molecule has 0 unspecified atom stereocenters. The number of amides is 1. The molecule has 0 spiro atoms. The highest BCUT2D eigenvalue weighted by Gasteiger charge is 2.13. The summed E-state index contributed by atoms with van der Waals surface area (Å²) in [5, 5.41) is 16.0. The number of rotatable bonds is 7. The Kier molecular flexibility index (Phi) is 5.78. The Hall–Kier alpha value is -1.85. The van der Waals surface area contributed by atoms with Gasteiger partial charge in [-0.25, -0.2) is 0 Å². The van der Waals surface area contributed by atoms with E-state index in [2.05, 4.69) is 10.5 Å². The molecule has 6 heteroatoms. The first kappa shape index (κ1) is 15.5. The Morgan fingerprint density at radius 1 is 1.38 bits per heavy atom. The monoisotopic (exact) mass is 308 g/mol. The Morgan fingerprint density at radius 2 is 2.14 bits per heavy atom. The Balaban J connectivity index is 1.79. The van der Waals surface area contributed by atoms with E-state index in [0.717, 1.165) is 5.56 Å². The fourth-order valence-corrected chi connectivity index (χ4v) is 2.16. The summed E-state index contributed by atoms with van der Waals surface area (Å²) in [6.07, 6.45) is 1.28. The Bertz CT molecular complexity index is 571. The molecule has 0 saturated carbocycles. The molecule has 5 nitrogen and oxygen atoms in total. The number of aryl methyl sites for hydroxylation is 1. The second-order valence-electron chi connectivity index (χ2n) is 4.75. The number of benzene rings is 1. The summed E-state index contributed by atoms with van der Waals surface area (Å²) in [4.78, 5) is 11.9. The lowest BCUT2D eigenvalue weighted by Gasteiger charge is -2.16. The van der Waals surface area contributed by atoms with Crippen LogP contribution in [-0.2, 0) is 17.6 Å². The van der Waals surface area contributed by atoms with Gasteiger partial charge in [-0.15, -0.1) is 0 Å². The second-order valence-corrected chi connectivity index (χ2v) is 5.14. The van der Waals surface area contributed by atoms with Crippen LogP contribution in [0.15, 0.2) is 40.9 Å². The molecule has 112 valence electrons. The van der Waals surface area contributed by atoms with E-state index in [1.165, 1.54) is 0 Å². The molecule has 0 aliphatic carbocycles. The van der Waals surface area contributed by atoms with Crippen LogP contribution in [-0.4, -0.2) is 28.8 Å². The Morgan fingerprint density at radius 3 is 2.76 bits per heavy atom. The number of hydrogen-bond donors (Lipinski definition) is 2. The number of carbonyl (C=O) groups excluding carboxylic acids is 1. The zero-order valence-corrected chi connectivity index (χ0v) is 12.2. The van der Waals surface area contributed by atoms with Crippen molar-refractivity contribution in [1.82, 2.24) is 10.5 Å². The van der Waals surface area contributed by atoms with Crippen LogP contribution in [0.5, 0.6) is 0 Å². The van der Waals surface area contributed by atoms with Crippen molar-refractivity contribution in [1.29, 1.82) is 0 Å². The number of carbonyl (C=O) groups is 1. The van der Waals surface area contributed by atoms with Crippen LogP contribution < -0.4 is 5.32 Å². The van der Waals surface area contributed by atoms with Gasteiger partial charge in [0.1, 0.15) is 5.76 Å². The molecular weight excluding hydrogens is 292 g/mol. The fraction of sp³-hybridized carbons (Fsp3) is 0.333. The molecule has 0 radical (unpaired) electrons. The van der Waals surface area contributed by atoms with Gasteiger partial charge in [-0.1, -0.05) is 47.1 Å². The van der Waals surface area contributed by atoms with Crippen LogP contribution in [0.4, 0.5) is 0 Å². The van der Waals surface area contributed by atoms with E-state index >= 15 is 0 Å². The number of nitrogens with zero attached hydrogens (tertiary/aromatic N) is 1. The van der Waals surface area contributed by atoms with Gasteiger partial charge in [0.15, 0.2) is 5.15 Å². The summed E-state index contributed by atoms with van der Waals surface area (Å²) >= 11 is 5.63. The summed E-state index contributed by atoms with van der Waals surface area (Å²) < 4.78 is 4.93. The van der Waals surface area contributed by atoms with Crippen LogP contribution >= 0.6 is 11.6 Å². The Labute approximate surface area is 127 Å². The van der Waals surface area contributed by atoms with Gasteiger partial charge in [-0.05, 0) is 12.0 Å². The molecule has 0 bridgehead atoms. The number of hydrogen-bond acceptors (Lipinski definition) is 4. The number of aromatic nitrogens is 1. The van der Waals surface area contributed by atoms with Crippen LogP contribution in [0.3, 0.4) is 0 Å². The topological polar surface area (TPSA) is 75.4 Å². The third-order valence-corrected chi connectivity index (χ3v) is 3.22. The first-order valence-corrected chi connectivity index (χ1v) is 7.10. The number of aliphatic hydroxyl groups is 1. The van der Waals surface area contributed by atoms with Crippen molar-refractivity contribution >= 4 is 17.5 Å². The molecule has 1 heterocycles. The smallest absolute Gasteiger partial charge is 0.220 e. The number of nitrogens with one attached hydrogen (secondary N) is 1.